The molecule has 0 saturated carbocycles. The van der Waals surface area contributed by atoms with Crippen molar-refractivity contribution in [1.82, 2.24) is 4.72 Å². The predicted octanol–water partition coefficient (Wildman–Crippen LogP) is 1.48. The second-order valence-electron chi connectivity index (χ2n) is 3.07. The number of hydrogen-bond donors (Lipinski definition) is 2. The van der Waals surface area contributed by atoms with E-state index in [0.717, 1.165) is 12.1 Å². The standard InChI is InChI=1S/C9H9ClFNO4S/c1-2-12-17(15,16)5-3-6(9(13)14)8(11)7(10)4-5/h3-4,12H,2H2,1H3,(H,13,14). The highest BCUT2D eigenvalue weighted by molar-refractivity contribution is 7.89. The summed E-state index contributed by atoms with van der Waals surface area (Å²) < 4.78 is 38.6. The summed E-state index contributed by atoms with van der Waals surface area (Å²) in [6, 6.07) is 1.59. The van der Waals surface area contributed by atoms with Crippen LogP contribution in [0.15, 0.2) is 17.0 Å². The number of hydrogen-bond acceptors (Lipinski definition) is 3. The number of carboxylic acid groups (broad SMARTS) is 1. The molecule has 0 fully saturated rings. The van der Waals surface area contributed by atoms with E-state index >= 15 is 0 Å². The van der Waals surface area contributed by atoms with Gasteiger partial charge in [0.15, 0.2) is 5.82 Å². The van der Waals surface area contributed by atoms with Crippen LogP contribution in [0.25, 0.3) is 0 Å². The average Bonchev–Trinajstić information content (AvgIpc) is 2.21. The first-order valence-electron chi connectivity index (χ1n) is 4.51. The van der Waals surface area contributed by atoms with E-state index in [1.54, 1.807) is 6.92 Å². The predicted molar refractivity (Wildman–Crippen MR) is 59.2 cm³/mol. The first-order valence-corrected chi connectivity index (χ1v) is 6.37. The fraction of sp³-hybridized carbons (Fsp3) is 0.222. The third-order valence-electron chi connectivity index (χ3n) is 1.88. The average molecular weight is 282 g/mol. The lowest BCUT2D eigenvalue weighted by Crippen LogP contribution is -2.23. The third-order valence-corrected chi connectivity index (χ3v) is 3.68. The highest BCUT2D eigenvalue weighted by atomic mass is 35.5. The highest BCUT2D eigenvalue weighted by Gasteiger charge is 2.21. The molecule has 0 bridgehead atoms. The molecular weight excluding hydrogens is 273 g/mol. The highest BCUT2D eigenvalue weighted by Crippen LogP contribution is 2.23. The van der Waals surface area contributed by atoms with E-state index in [-0.39, 0.29) is 11.4 Å². The van der Waals surface area contributed by atoms with Crippen LogP contribution >= 0.6 is 11.6 Å². The van der Waals surface area contributed by atoms with Crippen molar-refractivity contribution in [2.45, 2.75) is 11.8 Å². The molecule has 17 heavy (non-hydrogen) atoms. The minimum Gasteiger partial charge on any atom is -0.478 e. The summed E-state index contributed by atoms with van der Waals surface area (Å²) in [6.07, 6.45) is 0. The number of benzene rings is 1. The first-order chi connectivity index (χ1) is 7.79. The Balaban J connectivity index is 3.44. The number of rotatable bonds is 4. The van der Waals surface area contributed by atoms with Gasteiger partial charge in [-0.3, -0.25) is 0 Å². The van der Waals surface area contributed by atoms with Gasteiger partial charge in [0, 0.05) is 6.54 Å². The van der Waals surface area contributed by atoms with Gasteiger partial charge in [0.2, 0.25) is 10.0 Å². The largest absolute Gasteiger partial charge is 0.478 e. The molecule has 0 aliphatic heterocycles. The van der Waals surface area contributed by atoms with Crippen LogP contribution in [0.2, 0.25) is 5.02 Å². The van der Waals surface area contributed by atoms with Gasteiger partial charge in [-0.2, -0.15) is 0 Å². The van der Waals surface area contributed by atoms with Crippen molar-refractivity contribution in [2.75, 3.05) is 6.54 Å². The van der Waals surface area contributed by atoms with Crippen LogP contribution in [-0.2, 0) is 10.0 Å². The van der Waals surface area contributed by atoms with Gasteiger partial charge in [-0.05, 0) is 12.1 Å². The molecule has 0 saturated heterocycles. The zero-order chi connectivity index (χ0) is 13.2. The van der Waals surface area contributed by atoms with E-state index in [0.29, 0.717) is 0 Å². The Morgan fingerprint density at radius 3 is 2.59 bits per heavy atom. The van der Waals surface area contributed by atoms with Gasteiger partial charge in [-0.15, -0.1) is 0 Å². The molecule has 0 aliphatic rings. The number of halogens is 2. The normalized spacial score (nSPS) is 11.5. The summed E-state index contributed by atoms with van der Waals surface area (Å²) >= 11 is 5.44. The molecule has 0 aromatic heterocycles. The lowest BCUT2D eigenvalue weighted by molar-refractivity contribution is 0.0691. The van der Waals surface area contributed by atoms with Crippen molar-refractivity contribution in [2.24, 2.45) is 0 Å². The van der Waals surface area contributed by atoms with Crippen LogP contribution in [0.4, 0.5) is 4.39 Å². The maximum atomic E-state index is 13.3. The van der Waals surface area contributed by atoms with E-state index in [1.807, 2.05) is 0 Å². The summed E-state index contributed by atoms with van der Waals surface area (Å²) in [5.41, 5.74) is -0.783. The molecular formula is C9H9ClFNO4S. The van der Waals surface area contributed by atoms with Crippen LogP contribution in [0, 0.1) is 5.82 Å². The molecule has 8 heteroatoms. The van der Waals surface area contributed by atoms with E-state index in [4.69, 9.17) is 16.7 Å². The lowest BCUT2D eigenvalue weighted by atomic mass is 10.2. The third kappa shape index (κ3) is 2.93. The molecule has 1 rings (SSSR count). The van der Waals surface area contributed by atoms with Crippen molar-refractivity contribution in [1.29, 1.82) is 0 Å². The molecule has 0 unspecified atom stereocenters. The van der Waals surface area contributed by atoms with Crippen LogP contribution in [0.5, 0.6) is 0 Å². The smallest absolute Gasteiger partial charge is 0.338 e. The minimum absolute atomic E-state index is 0.125. The fourth-order valence-electron chi connectivity index (χ4n) is 1.15. The topological polar surface area (TPSA) is 83.5 Å². The Kier molecular flexibility index (Phi) is 4.07. The van der Waals surface area contributed by atoms with Crippen molar-refractivity contribution in [3.05, 3.63) is 28.5 Å². The number of nitrogens with one attached hydrogen (secondary N) is 1. The molecule has 0 heterocycles. The summed E-state index contributed by atoms with van der Waals surface area (Å²) in [6.45, 7) is 1.68. The van der Waals surface area contributed by atoms with E-state index in [1.165, 1.54) is 0 Å². The van der Waals surface area contributed by atoms with Gasteiger partial charge >= 0.3 is 5.97 Å². The number of carboxylic acids is 1. The van der Waals surface area contributed by atoms with E-state index < -0.39 is 32.4 Å². The van der Waals surface area contributed by atoms with Crippen molar-refractivity contribution in [3.63, 3.8) is 0 Å². The molecule has 0 atom stereocenters. The number of carbonyl (C=O) groups is 1. The molecule has 0 radical (unpaired) electrons. The van der Waals surface area contributed by atoms with Gasteiger partial charge in [0.25, 0.3) is 0 Å². The maximum absolute atomic E-state index is 13.3. The Hall–Kier alpha value is -1.18. The molecule has 5 nitrogen and oxygen atoms in total. The van der Waals surface area contributed by atoms with Gasteiger partial charge in [-0.1, -0.05) is 18.5 Å². The van der Waals surface area contributed by atoms with Gasteiger partial charge < -0.3 is 5.11 Å². The van der Waals surface area contributed by atoms with Crippen molar-refractivity contribution >= 4 is 27.6 Å². The second kappa shape index (κ2) is 4.99. The van der Waals surface area contributed by atoms with Crippen molar-refractivity contribution < 1.29 is 22.7 Å². The summed E-state index contributed by atoms with van der Waals surface area (Å²) in [5, 5.41) is 8.14. The van der Waals surface area contributed by atoms with Crippen LogP contribution in [0.1, 0.15) is 17.3 Å². The van der Waals surface area contributed by atoms with Crippen LogP contribution < -0.4 is 4.72 Å². The summed E-state index contributed by atoms with van der Waals surface area (Å²) in [4.78, 5) is 10.3. The van der Waals surface area contributed by atoms with Gasteiger partial charge in [-0.25, -0.2) is 22.3 Å². The van der Waals surface area contributed by atoms with E-state index in [2.05, 4.69) is 4.72 Å². The Morgan fingerprint density at radius 2 is 2.12 bits per heavy atom. The zero-order valence-corrected chi connectivity index (χ0v) is 10.3. The molecule has 0 aliphatic carbocycles. The Bertz CT molecular complexity index is 558. The zero-order valence-electron chi connectivity index (χ0n) is 8.70. The Labute approximate surface area is 102 Å². The minimum atomic E-state index is -3.87. The summed E-state index contributed by atoms with van der Waals surface area (Å²) in [5.74, 6) is -2.74. The quantitative estimate of drug-likeness (QED) is 0.875. The number of sulfonamides is 1. The van der Waals surface area contributed by atoms with Crippen LogP contribution in [0.3, 0.4) is 0 Å². The first kappa shape index (κ1) is 13.9. The molecule has 1 aromatic rings. The molecule has 2 N–H and O–H groups in total. The molecule has 0 amide bonds. The molecule has 94 valence electrons. The molecule has 1 aromatic carbocycles. The maximum Gasteiger partial charge on any atom is 0.338 e. The molecule has 0 spiro atoms. The fourth-order valence-corrected chi connectivity index (χ4v) is 2.53. The van der Waals surface area contributed by atoms with Gasteiger partial charge in [0.1, 0.15) is 0 Å². The Morgan fingerprint density at radius 1 is 1.53 bits per heavy atom. The number of aromatic carboxylic acids is 1. The van der Waals surface area contributed by atoms with Crippen molar-refractivity contribution in [3.8, 4) is 0 Å². The SMILES string of the molecule is CCNS(=O)(=O)c1cc(Cl)c(F)c(C(=O)O)c1. The lowest BCUT2D eigenvalue weighted by Gasteiger charge is -2.07. The van der Waals surface area contributed by atoms with E-state index in [9.17, 15) is 17.6 Å². The monoisotopic (exact) mass is 281 g/mol. The van der Waals surface area contributed by atoms with Crippen LogP contribution in [-0.4, -0.2) is 26.0 Å². The second-order valence-corrected chi connectivity index (χ2v) is 5.25. The van der Waals surface area contributed by atoms with Gasteiger partial charge in [0.05, 0.1) is 15.5 Å². The summed E-state index contributed by atoms with van der Waals surface area (Å²) in [7, 11) is -3.87.